The third-order valence-corrected chi connectivity index (χ3v) is 4.81. The summed E-state index contributed by atoms with van der Waals surface area (Å²) in [4.78, 5) is 0.254. The van der Waals surface area contributed by atoms with Crippen LogP contribution >= 0.6 is 15.9 Å². The third-order valence-electron chi connectivity index (χ3n) is 2.70. The molecule has 0 unspecified atom stereocenters. The van der Waals surface area contributed by atoms with Crippen molar-refractivity contribution in [2.75, 3.05) is 0 Å². The molecule has 0 aliphatic heterocycles. The summed E-state index contributed by atoms with van der Waals surface area (Å²) in [7, 11) is -1.64. The van der Waals surface area contributed by atoms with Crippen LogP contribution in [0, 0.1) is 6.92 Å². The summed E-state index contributed by atoms with van der Waals surface area (Å²) in [6.07, 6.45) is 2.89. The Morgan fingerprint density at radius 2 is 2.11 bits per heavy atom. The summed E-state index contributed by atoms with van der Waals surface area (Å²) >= 11 is 3.35. The lowest BCUT2D eigenvalue weighted by Gasteiger charge is -2.06. The van der Waals surface area contributed by atoms with Crippen LogP contribution in [0.3, 0.4) is 0 Å². The van der Waals surface area contributed by atoms with Crippen LogP contribution in [-0.2, 0) is 22.6 Å². The fraction of sp³-hybridized carbons (Fsp3) is 0.250. The predicted octanol–water partition coefficient (Wildman–Crippen LogP) is 2.46. The van der Waals surface area contributed by atoms with Crippen molar-refractivity contribution in [3.63, 3.8) is 0 Å². The summed E-state index contributed by atoms with van der Waals surface area (Å²) in [5.41, 5.74) is 1.76. The fourth-order valence-corrected chi connectivity index (χ4v) is 3.46. The second-order valence-electron chi connectivity index (χ2n) is 4.18. The van der Waals surface area contributed by atoms with Crippen molar-refractivity contribution < 1.29 is 8.42 Å². The molecule has 1 aromatic carbocycles. The Balaban J connectivity index is 2.36. The molecule has 18 heavy (non-hydrogen) atoms. The molecule has 0 amide bonds. The molecule has 6 heteroatoms. The van der Waals surface area contributed by atoms with Gasteiger partial charge in [-0.1, -0.05) is 22.0 Å². The predicted molar refractivity (Wildman–Crippen MR) is 73.0 cm³/mol. The zero-order valence-corrected chi connectivity index (χ0v) is 12.5. The van der Waals surface area contributed by atoms with E-state index in [4.69, 9.17) is 0 Å². The number of benzene rings is 1. The number of hydrogen-bond acceptors (Lipinski definition) is 3. The Morgan fingerprint density at radius 1 is 1.39 bits per heavy atom. The Kier molecular flexibility index (Phi) is 3.59. The molecule has 96 valence electrons. The molecule has 2 rings (SSSR count). The second kappa shape index (κ2) is 4.85. The first-order valence-electron chi connectivity index (χ1n) is 5.35. The zero-order valence-electron chi connectivity index (χ0n) is 10.1. The van der Waals surface area contributed by atoms with Gasteiger partial charge >= 0.3 is 0 Å². The van der Waals surface area contributed by atoms with E-state index >= 15 is 0 Å². The van der Waals surface area contributed by atoms with Gasteiger partial charge in [-0.2, -0.15) is 5.10 Å². The van der Waals surface area contributed by atoms with Crippen molar-refractivity contribution in [2.45, 2.75) is 17.6 Å². The van der Waals surface area contributed by atoms with Crippen LogP contribution in [0.25, 0.3) is 0 Å². The molecule has 0 spiro atoms. The standard InChI is InChI=1S/C12H13BrN2O2S/c1-9-3-4-11(13)5-10(9)8-18(16,17)12-6-14-15(2)7-12/h3-7H,8H2,1-2H3. The highest BCUT2D eigenvalue weighted by Crippen LogP contribution is 2.21. The molecule has 0 N–H and O–H groups in total. The fourth-order valence-electron chi connectivity index (χ4n) is 1.64. The molecule has 1 aromatic heterocycles. The molecule has 0 fully saturated rings. The minimum absolute atomic E-state index is 0.00995. The molecule has 1 heterocycles. The Bertz CT molecular complexity index is 677. The minimum atomic E-state index is -3.34. The molecular weight excluding hydrogens is 316 g/mol. The van der Waals surface area contributed by atoms with E-state index < -0.39 is 9.84 Å². The quantitative estimate of drug-likeness (QED) is 0.869. The lowest BCUT2D eigenvalue weighted by Crippen LogP contribution is -2.05. The summed E-state index contributed by atoms with van der Waals surface area (Å²) in [5.74, 6) is -0.00995. The van der Waals surface area contributed by atoms with Crippen molar-refractivity contribution in [3.8, 4) is 0 Å². The number of sulfone groups is 1. The smallest absolute Gasteiger partial charge is 0.185 e. The van der Waals surface area contributed by atoms with E-state index in [-0.39, 0.29) is 10.6 Å². The lowest BCUT2D eigenvalue weighted by atomic mass is 10.1. The van der Waals surface area contributed by atoms with Gasteiger partial charge in [-0.05, 0) is 30.2 Å². The molecule has 0 aliphatic carbocycles. The average Bonchev–Trinajstić information content (AvgIpc) is 2.71. The van der Waals surface area contributed by atoms with E-state index in [1.165, 1.54) is 17.1 Å². The van der Waals surface area contributed by atoms with Gasteiger partial charge in [0.15, 0.2) is 9.84 Å². The second-order valence-corrected chi connectivity index (χ2v) is 7.08. The van der Waals surface area contributed by atoms with Crippen molar-refractivity contribution >= 4 is 25.8 Å². The number of rotatable bonds is 3. The first kappa shape index (κ1) is 13.3. The first-order chi connectivity index (χ1) is 8.38. The Morgan fingerprint density at radius 3 is 2.72 bits per heavy atom. The van der Waals surface area contributed by atoms with Crippen LogP contribution in [0.2, 0.25) is 0 Å². The van der Waals surface area contributed by atoms with Crippen molar-refractivity contribution in [1.82, 2.24) is 9.78 Å². The molecule has 0 radical (unpaired) electrons. The number of aromatic nitrogens is 2. The van der Waals surface area contributed by atoms with Gasteiger partial charge in [0.05, 0.1) is 11.9 Å². The van der Waals surface area contributed by atoms with Crippen molar-refractivity contribution in [3.05, 3.63) is 46.2 Å². The maximum absolute atomic E-state index is 12.2. The molecule has 0 aliphatic rings. The van der Waals surface area contributed by atoms with Gasteiger partial charge in [0.25, 0.3) is 0 Å². The number of nitrogens with zero attached hydrogens (tertiary/aromatic N) is 2. The third kappa shape index (κ3) is 2.81. The van der Waals surface area contributed by atoms with E-state index in [2.05, 4.69) is 21.0 Å². The van der Waals surface area contributed by atoms with Crippen LogP contribution in [0.15, 0.2) is 40.0 Å². The van der Waals surface area contributed by atoms with Gasteiger partial charge < -0.3 is 0 Å². The topological polar surface area (TPSA) is 52.0 Å². The van der Waals surface area contributed by atoms with Gasteiger partial charge in [-0.3, -0.25) is 4.68 Å². The highest BCUT2D eigenvalue weighted by Gasteiger charge is 2.18. The van der Waals surface area contributed by atoms with Crippen LogP contribution < -0.4 is 0 Å². The summed E-state index contributed by atoms with van der Waals surface area (Å²) in [5, 5.41) is 3.89. The highest BCUT2D eigenvalue weighted by molar-refractivity contribution is 9.10. The van der Waals surface area contributed by atoms with E-state index in [9.17, 15) is 8.42 Å². The van der Waals surface area contributed by atoms with Crippen LogP contribution in [0.1, 0.15) is 11.1 Å². The van der Waals surface area contributed by atoms with Crippen LogP contribution in [0.4, 0.5) is 0 Å². The van der Waals surface area contributed by atoms with Gasteiger partial charge in [-0.15, -0.1) is 0 Å². The van der Waals surface area contributed by atoms with E-state index in [0.29, 0.717) is 0 Å². The van der Waals surface area contributed by atoms with E-state index in [0.717, 1.165) is 15.6 Å². The van der Waals surface area contributed by atoms with Crippen LogP contribution in [0.5, 0.6) is 0 Å². The molecule has 0 bridgehead atoms. The average molecular weight is 329 g/mol. The van der Waals surface area contributed by atoms with Gasteiger partial charge in [-0.25, -0.2) is 8.42 Å². The van der Waals surface area contributed by atoms with Gasteiger partial charge in [0.1, 0.15) is 4.90 Å². The highest BCUT2D eigenvalue weighted by atomic mass is 79.9. The zero-order chi connectivity index (χ0) is 13.3. The monoisotopic (exact) mass is 328 g/mol. The maximum Gasteiger partial charge on any atom is 0.185 e. The van der Waals surface area contributed by atoms with E-state index in [1.807, 2.05) is 25.1 Å². The van der Waals surface area contributed by atoms with Gasteiger partial charge in [0, 0.05) is 17.7 Å². The molecule has 0 saturated heterocycles. The SMILES string of the molecule is Cc1ccc(Br)cc1CS(=O)(=O)c1cnn(C)c1. The maximum atomic E-state index is 12.2. The van der Waals surface area contributed by atoms with Crippen molar-refractivity contribution in [2.24, 2.45) is 7.05 Å². The summed E-state index contributed by atoms with van der Waals surface area (Å²) < 4.78 is 26.8. The van der Waals surface area contributed by atoms with Crippen LogP contribution in [-0.4, -0.2) is 18.2 Å². The Hall–Kier alpha value is -1.14. The number of aryl methyl sites for hydroxylation is 2. The van der Waals surface area contributed by atoms with E-state index in [1.54, 1.807) is 7.05 Å². The number of hydrogen-bond donors (Lipinski definition) is 0. The summed E-state index contributed by atoms with van der Waals surface area (Å²) in [6.45, 7) is 1.90. The van der Waals surface area contributed by atoms with Crippen molar-refractivity contribution in [1.29, 1.82) is 0 Å². The molecule has 0 atom stereocenters. The Labute approximate surface area is 115 Å². The molecular formula is C12H13BrN2O2S. The molecule has 2 aromatic rings. The number of halogens is 1. The summed E-state index contributed by atoms with van der Waals surface area (Å²) in [6, 6.07) is 5.64. The van der Waals surface area contributed by atoms with Gasteiger partial charge in [0.2, 0.25) is 0 Å². The molecule has 0 saturated carbocycles. The first-order valence-corrected chi connectivity index (χ1v) is 7.79. The normalized spacial score (nSPS) is 11.7. The minimum Gasteiger partial charge on any atom is -0.274 e. The lowest BCUT2D eigenvalue weighted by molar-refractivity contribution is 0.595. The molecule has 4 nitrogen and oxygen atoms in total. The largest absolute Gasteiger partial charge is 0.274 e.